The van der Waals surface area contributed by atoms with Crippen LogP contribution < -0.4 is 10.5 Å². The second-order valence-corrected chi connectivity index (χ2v) is 6.35. The monoisotopic (exact) mass is 380 g/mol. The molecule has 1 saturated heterocycles. The number of hydrogen-bond donors (Lipinski definition) is 1. The van der Waals surface area contributed by atoms with E-state index in [0.29, 0.717) is 36.0 Å². The molecule has 0 aromatic heterocycles. The third kappa shape index (κ3) is 4.88. The van der Waals surface area contributed by atoms with Crippen LogP contribution >= 0.6 is 24.0 Å². The molecule has 134 valence electrons. The molecule has 3 rings (SSSR count). The summed E-state index contributed by atoms with van der Waals surface area (Å²) in [7, 11) is 0. The molecule has 0 radical (unpaired) electrons. The minimum atomic E-state index is 0. The molecule has 0 atom stereocenters. The Morgan fingerprint density at radius 3 is 2.36 bits per heavy atom. The number of likely N-dealkylation sites (tertiary alicyclic amines) is 1. The largest absolute Gasteiger partial charge is 0.489 e. The molecule has 1 amide bonds. The number of halogens is 2. The van der Waals surface area contributed by atoms with Crippen molar-refractivity contribution in [2.75, 3.05) is 13.1 Å². The Morgan fingerprint density at radius 1 is 1.12 bits per heavy atom. The fourth-order valence-corrected chi connectivity index (χ4v) is 3.04. The van der Waals surface area contributed by atoms with Gasteiger partial charge in [-0.05, 0) is 29.8 Å². The molecule has 2 N–H and O–H groups in total. The first kappa shape index (κ1) is 19.6. The Balaban J connectivity index is 0.00000225. The zero-order valence-electron chi connectivity index (χ0n) is 13.9. The minimum absolute atomic E-state index is 0. The molecule has 0 saturated carbocycles. The van der Waals surface area contributed by atoms with E-state index in [1.165, 1.54) is 0 Å². The molecule has 2 aromatic rings. The van der Waals surface area contributed by atoms with Crippen LogP contribution in [0.2, 0.25) is 5.02 Å². The number of nitrogens with zero attached hydrogens (tertiary/aromatic N) is 1. The van der Waals surface area contributed by atoms with Crippen molar-refractivity contribution >= 4 is 29.9 Å². The van der Waals surface area contributed by atoms with Gasteiger partial charge < -0.3 is 15.4 Å². The number of hydrogen-bond acceptors (Lipinski definition) is 3. The summed E-state index contributed by atoms with van der Waals surface area (Å²) in [4.78, 5) is 14.4. The zero-order chi connectivity index (χ0) is 16.9. The van der Waals surface area contributed by atoms with E-state index in [9.17, 15) is 4.79 Å². The molecule has 0 unspecified atom stereocenters. The fraction of sp³-hybridized carbons (Fsp3) is 0.316. The van der Waals surface area contributed by atoms with E-state index < -0.39 is 0 Å². The van der Waals surface area contributed by atoms with Crippen LogP contribution in [0.4, 0.5) is 0 Å². The highest BCUT2D eigenvalue weighted by atomic mass is 35.5. The summed E-state index contributed by atoms with van der Waals surface area (Å²) >= 11 is 6.13. The maximum atomic E-state index is 12.6. The van der Waals surface area contributed by atoms with Gasteiger partial charge in [-0.25, -0.2) is 0 Å². The van der Waals surface area contributed by atoms with Gasteiger partial charge in [-0.2, -0.15) is 0 Å². The summed E-state index contributed by atoms with van der Waals surface area (Å²) in [6.45, 7) is 1.86. The Bertz CT molecular complexity index is 699. The van der Waals surface area contributed by atoms with Crippen LogP contribution in [0.5, 0.6) is 5.75 Å². The normalized spacial score (nSPS) is 14.7. The maximum Gasteiger partial charge on any atom is 0.253 e. The van der Waals surface area contributed by atoms with Crippen LogP contribution in [0, 0.1) is 0 Å². The number of ether oxygens (including phenoxy) is 1. The first-order chi connectivity index (χ1) is 11.7. The predicted molar refractivity (Wildman–Crippen MR) is 103 cm³/mol. The van der Waals surface area contributed by atoms with E-state index in [1.54, 1.807) is 0 Å². The lowest BCUT2D eigenvalue weighted by Crippen LogP contribution is -2.41. The highest BCUT2D eigenvalue weighted by Gasteiger charge is 2.25. The Morgan fingerprint density at radius 2 is 1.76 bits per heavy atom. The second kappa shape index (κ2) is 9.09. The van der Waals surface area contributed by atoms with Crippen molar-refractivity contribution in [3.8, 4) is 5.75 Å². The van der Waals surface area contributed by atoms with Crippen molar-refractivity contribution in [1.29, 1.82) is 0 Å². The number of amides is 1. The van der Waals surface area contributed by atoms with Crippen LogP contribution in [-0.4, -0.2) is 30.0 Å². The average molecular weight is 381 g/mol. The summed E-state index contributed by atoms with van der Waals surface area (Å²) in [6.07, 6.45) is 1.70. The minimum Gasteiger partial charge on any atom is -0.489 e. The summed E-state index contributed by atoms with van der Waals surface area (Å²) in [5.41, 5.74) is 7.32. The number of carbonyl (C=O) groups excluding carboxylic acids is 1. The van der Waals surface area contributed by atoms with Gasteiger partial charge >= 0.3 is 0 Å². The molecule has 4 nitrogen and oxygen atoms in total. The molecule has 1 aliphatic heterocycles. The smallest absolute Gasteiger partial charge is 0.253 e. The van der Waals surface area contributed by atoms with Gasteiger partial charge in [-0.3, -0.25) is 4.79 Å². The molecular formula is C19H22Cl2N2O2. The highest BCUT2D eigenvalue weighted by Crippen LogP contribution is 2.27. The van der Waals surface area contributed by atoms with Gasteiger partial charge in [0.2, 0.25) is 0 Å². The molecule has 1 fully saturated rings. The van der Waals surface area contributed by atoms with E-state index in [0.717, 1.165) is 18.4 Å². The second-order valence-electron chi connectivity index (χ2n) is 5.94. The van der Waals surface area contributed by atoms with Crippen LogP contribution in [-0.2, 0) is 6.54 Å². The Hall–Kier alpha value is -1.75. The first-order valence-electron chi connectivity index (χ1n) is 8.17. The van der Waals surface area contributed by atoms with E-state index in [-0.39, 0.29) is 24.4 Å². The lowest BCUT2D eigenvalue weighted by Gasteiger charge is -2.32. The molecular weight excluding hydrogens is 359 g/mol. The number of benzene rings is 2. The zero-order valence-corrected chi connectivity index (χ0v) is 15.4. The third-order valence-corrected chi connectivity index (χ3v) is 4.61. The van der Waals surface area contributed by atoms with Gasteiger partial charge in [0, 0.05) is 38.0 Å². The van der Waals surface area contributed by atoms with E-state index in [2.05, 4.69) is 0 Å². The van der Waals surface area contributed by atoms with Gasteiger partial charge in [0.25, 0.3) is 5.91 Å². The summed E-state index contributed by atoms with van der Waals surface area (Å²) < 4.78 is 5.97. The first-order valence-corrected chi connectivity index (χ1v) is 8.54. The lowest BCUT2D eigenvalue weighted by atomic mass is 10.1. The van der Waals surface area contributed by atoms with Crippen molar-refractivity contribution in [1.82, 2.24) is 4.90 Å². The van der Waals surface area contributed by atoms with Gasteiger partial charge in [-0.15, -0.1) is 12.4 Å². The SMILES string of the molecule is Cl.NCc1ccc(C(=O)N2CCC(Oc3ccccc3Cl)CC2)cc1. The predicted octanol–water partition coefficient (Wildman–Crippen LogP) is 3.90. The van der Waals surface area contributed by atoms with Gasteiger partial charge in [0.05, 0.1) is 5.02 Å². The van der Waals surface area contributed by atoms with Gasteiger partial charge in [0.15, 0.2) is 0 Å². The molecule has 25 heavy (non-hydrogen) atoms. The van der Waals surface area contributed by atoms with E-state index in [4.69, 9.17) is 22.1 Å². The Labute approximate surface area is 159 Å². The Kier molecular flexibility index (Phi) is 7.12. The van der Waals surface area contributed by atoms with Gasteiger partial charge in [0.1, 0.15) is 11.9 Å². The molecule has 0 spiro atoms. The van der Waals surface area contributed by atoms with Crippen molar-refractivity contribution in [3.05, 3.63) is 64.7 Å². The number of rotatable bonds is 4. The quantitative estimate of drug-likeness (QED) is 0.874. The molecule has 0 bridgehead atoms. The van der Waals surface area contributed by atoms with Crippen molar-refractivity contribution in [3.63, 3.8) is 0 Å². The number of para-hydroxylation sites is 1. The third-order valence-electron chi connectivity index (χ3n) is 4.30. The fourth-order valence-electron chi connectivity index (χ4n) is 2.86. The van der Waals surface area contributed by atoms with Gasteiger partial charge in [-0.1, -0.05) is 35.9 Å². The van der Waals surface area contributed by atoms with Crippen LogP contribution in [0.1, 0.15) is 28.8 Å². The maximum absolute atomic E-state index is 12.6. The summed E-state index contributed by atoms with van der Waals surface area (Å²) in [6, 6.07) is 15.0. The van der Waals surface area contributed by atoms with Crippen molar-refractivity contribution in [2.24, 2.45) is 5.73 Å². The van der Waals surface area contributed by atoms with Crippen LogP contribution in [0.3, 0.4) is 0 Å². The number of nitrogens with two attached hydrogens (primary N) is 1. The van der Waals surface area contributed by atoms with E-state index >= 15 is 0 Å². The molecule has 2 aromatic carbocycles. The molecule has 1 aliphatic rings. The van der Waals surface area contributed by atoms with Crippen LogP contribution in [0.25, 0.3) is 0 Å². The summed E-state index contributed by atoms with van der Waals surface area (Å²) in [5, 5.41) is 0.621. The van der Waals surface area contributed by atoms with Crippen molar-refractivity contribution < 1.29 is 9.53 Å². The molecule has 0 aliphatic carbocycles. The highest BCUT2D eigenvalue weighted by molar-refractivity contribution is 6.32. The van der Waals surface area contributed by atoms with Crippen molar-refractivity contribution in [2.45, 2.75) is 25.5 Å². The molecule has 1 heterocycles. The molecule has 6 heteroatoms. The lowest BCUT2D eigenvalue weighted by molar-refractivity contribution is 0.0595. The standard InChI is InChI=1S/C19H21ClN2O2.ClH/c20-17-3-1-2-4-18(17)24-16-9-11-22(12-10-16)19(23)15-7-5-14(13-21)6-8-15;/h1-8,16H,9-13,21H2;1H. The number of carbonyl (C=O) groups is 1. The van der Waals surface area contributed by atoms with Crippen LogP contribution in [0.15, 0.2) is 48.5 Å². The summed E-state index contributed by atoms with van der Waals surface area (Å²) in [5.74, 6) is 0.774. The topological polar surface area (TPSA) is 55.6 Å². The average Bonchev–Trinajstić information content (AvgIpc) is 2.64. The number of piperidine rings is 1. The van der Waals surface area contributed by atoms with E-state index in [1.807, 2.05) is 53.4 Å².